The molecule has 2 N–H and O–H groups in total. The number of piperazine rings is 1. The minimum atomic E-state index is -0.0849. The summed E-state index contributed by atoms with van der Waals surface area (Å²) in [4.78, 5) is 14.3. The SMILES string of the molecule is O=C(NCCN1CCNCC1)c1cc(Cl)cc(Br)c1. The lowest BCUT2D eigenvalue weighted by Crippen LogP contribution is -2.46. The van der Waals surface area contributed by atoms with E-state index >= 15 is 0 Å². The van der Waals surface area contributed by atoms with Gasteiger partial charge in [0.25, 0.3) is 5.91 Å². The number of carbonyl (C=O) groups is 1. The van der Waals surface area contributed by atoms with E-state index in [-0.39, 0.29) is 5.91 Å². The van der Waals surface area contributed by atoms with Crippen LogP contribution in [0.15, 0.2) is 22.7 Å². The third-order valence-corrected chi connectivity index (χ3v) is 3.72. The monoisotopic (exact) mass is 345 g/mol. The molecular weight excluding hydrogens is 330 g/mol. The smallest absolute Gasteiger partial charge is 0.251 e. The van der Waals surface area contributed by atoms with E-state index in [0.29, 0.717) is 17.1 Å². The molecule has 0 saturated carbocycles. The molecule has 4 nitrogen and oxygen atoms in total. The number of halogens is 2. The van der Waals surface area contributed by atoms with Crippen molar-refractivity contribution in [3.05, 3.63) is 33.3 Å². The molecule has 1 aliphatic rings. The van der Waals surface area contributed by atoms with Gasteiger partial charge in [0.2, 0.25) is 0 Å². The van der Waals surface area contributed by atoms with Gasteiger partial charge in [0.1, 0.15) is 0 Å². The molecule has 0 spiro atoms. The van der Waals surface area contributed by atoms with Gasteiger partial charge in [-0.25, -0.2) is 0 Å². The van der Waals surface area contributed by atoms with E-state index in [1.54, 1.807) is 18.2 Å². The van der Waals surface area contributed by atoms with E-state index in [1.807, 2.05) is 0 Å². The summed E-state index contributed by atoms with van der Waals surface area (Å²) >= 11 is 9.26. The maximum atomic E-state index is 12.0. The fourth-order valence-electron chi connectivity index (χ4n) is 2.05. The number of hydrogen-bond donors (Lipinski definition) is 2. The number of rotatable bonds is 4. The molecule has 0 radical (unpaired) electrons. The molecule has 1 aromatic rings. The number of benzene rings is 1. The number of nitrogens with zero attached hydrogens (tertiary/aromatic N) is 1. The minimum absolute atomic E-state index is 0.0849. The summed E-state index contributed by atoms with van der Waals surface area (Å²) in [6.45, 7) is 5.67. The summed E-state index contributed by atoms with van der Waals surface area (Å²) in [5.41, 5.74) is 0.583. The van der Waals surface area contributed by atoms with Crippen LogP contribution in [0.2, 0.25) is 5.02 Å². The van der Waals surface area contributed by atoms with Crippen LogP contribution >= 0.6 is 27.5 Å². The summed E-state index contributed by atoms with van der Waals surface area (Å²) in [6.07, 6.45) is 0. The molecule has 1 saturated heterocycles. The largest absolute Gasteiger partial charge is 0.351 e. The second kappa shape index (κ2) is 7.24. The Morgan fingerprint density at radius 1 is 1.37 bits per heavy atom. The zero-order chi connectivity index (χ0) is 13.7. The van der Waals surface area contributed by atoms with Crippen molar-refractivity contribution in [2.24, 2.45) is 0 Å². The first-order chi connectivity index (χ1) is 9.15. The molecule has 1 amide bonds. The van der Waals surface area contributed by atoms with Crippen LogP contribution in [-0.4, -0.2) is 50.1 Å². The first-order valence-corrected chi connectivity index (χ1v) is 7.49. The molecule has 0 aliphatic carbocycles. The average Bonchev–Trinajstić information content (AvgIpc) is 2.38. The van der Waals surface area contributed by atoms with E-state index < -0.39 is 0 Å². The van der Waals surface area contributed by atoms with Crippen molar-refractivity contribution in [2.75, 3.05) is 39.3 Å². The van der Waals surface area contributed by atoms with Crippen molar-refractivity contribution in [2.45, 2.75) is 0 Å². The van der Waals surface area contributed by atoms with E-state index in [2.05, 4.69) is 31.5 Å². The van der Waals surface area contributed by atoms with Crippen LogP contribution in [0, 0.1) is 0 Å². The Kier molecular flexibility index (Phi) is 5.63. The van der Waals surface area contributed by atoms with Gasteiger partial charge >= 0.3 is 0 Å². The Morgan fingerprint density at radius 3 is 2.79 bits per heavy atom. The number of carbonyl (C=O) groups excluding carboxylic acids is 1. The van der Waals surface area contributed by atoms with Crippen molar-refractivity contribution in [1.29, 1.82) is 0 Å². The normalized spacial score (nSPS) is 16.3. The molecular formula is C13H17BrClN3O. The van der Waals surface area contributed by atoms with Gasteiger partial charge in [-0.05, 0) is 18.2 Å². The van der Waals surface area contributed by atoms with E-state index in [1.165, 1.54) is 0 Å². The van der Waals surface area contributed by atoms with E-state index in [4.69, 9.17) is 11.6 Å². The lowest BCUT2D eigenvalue weighted by molar-refractivity contribution is 0.0947. The molecule has 104 valence electrons. The third kappa shape index (κ3) is 4.76. The highest BCUT2D eigenvalue weighted by Gasteiger charge is 2.11. The van der Waals surface area contributed by atoms with Crippen LogP contribution in [0.1, 0.15) is 10.4 Å². The van der Waals surface area contributed by atoms with E-state index in [0.717, 1.165) is 37.2 Å². The summed E-state index contributed by atoms with van der Waals surface area (Å²) < 4.78 is 0.812. The highest BCUT2D eigenvalue weighted by Crippen LogP contribution is 2.19. The molecule has 0 bridgehead atoms. The second-order valence-electron chi connectivity index (χ2n) is 4.51. The quantitative estimate of drug-likeness (QED) is 0.873. The van der Waals surface area contributed by atoms with Crippen molar-refractivity contribution in [1.82, 2.24) is 15.5 Å². The average molecular weight is 347 g/mol. The lowest BCUT2D eigenvalue weighted by Gasteiger charge is -2.27. The molecule has 2 rings (SSSR count). The Hall–Kier alpha value is -0.620. The summed E-state index contributed by atoms with van der Waals surface area (Å²) in [5.74, 6) is -0.0849. The van der Waals surface area contributed by atoms with Crippen molar-refractivity contribution < 1.29 is 4.79 Å². The van der Waals surface area contributed by atoms with Gasteiger partial charge in [-0.1, -0.05) is 27.5 Å². The zero-order valence-corrected chi connectivity index (χ0v) is 12.9. The van der Waals surface area contributed by atoms with E-state index in [9.17, 15) is 4.79 Å². The van der Waals surface area contributed by atoms with Crippen LogP contribution in [-0.2, 0) is 0 Å². The van der Waals surface area contributed by atoms with Crippen LogP contribution in [0.25, 0.3) is 0 Å². The molecule has 1 aromatic carbocycles. The van der Waals surface area contributed by atoms with Crippen LogP contribution < -0.4 is 10.6 Å². The predicted octanol–water partition coefficient (Wildman–Crippen LogP) is 1.74. The predicted molar refractivity (Wildman–Crippen MR) is 80.8 cm³/mol. The van der Waals surface area contributed by atoms with Gasteiger partial charge in [0.05, 0.1) is 0 Å². The molecule has 0 atom stereocenters. The number of amides is 1. The molecule has 1 aliphatic heterocycles. The highest BCUT2D eigenvalue weighted by molar-refractivity contribution is 9.10. The Morgan fingerprint density at radius 2 is 2.11 bits per heavy atom. The highest BCUT2D eigenvalue weighted by atomic mass is 79.9. The Labute approximate surface area is 126 Å². The zero-order valence-electron chi connectivity index (χ0n) is 10.6. The Balaban J connectivity index is 1.80. The molecule has 0 aromatic heterocycles. The number of nitrogens with one attached hydrogen (secondary N) is 2. The number of hydrogen-bond acceptors (Lipinski definition) is 3. The maximum absolute atomic E-state index is 12.0. The Bertz CT molecular complexity index is 429. The van der Waals surface area contributed by atoms with Crippen LogP contribution in [0.4, 0.5) is 0 Å². The van der Waals surface area contributed by atoms with Gasteiger partial charge in [0.15, 0.2) is 0 Å². The summed E-state index contributed by atoms with van der Waals surface area (Å²) in [6, 6.07) is 5.21. The molecule has 19 heavy (non-hydrogen) atoms. The minimum Gasteiger partial charge on any atom is -0.351 e. The van der Waals surface area contributed by atoms with Crippen molar-refractivity contribution in [3.63, 3.8) is 0 Å². The third-order valence-electron chi connectivity index (χ3n) is 3.05. The van der Waals surface area contributed by atoms with Crippen molar-refractivity contribution >= 4 is 33.4 Å². The molecule has 0 unspecified atom stereocenters. The summed E-state index contributed by atoms with van der Waals surface area (Å²) in [5, 5.41) is 6.78. The van der Waals surface area contributed by atoms with Crippen LogP contribution in [0.3, 0.4) is 0 Å². The van der Waals surface area contributed by atoms with Crippen LogP contribution in [0.5, 0.6) is 0 Å². The van der Waals surface area contributed by atoms with Crippen molar-refractivity contribution in [3.8, 4) is 0 Å². The molecule has 1 heterocycles. The first-order valence-electron chi connectivity index (χ1n) is 6.32. The fraction of sp³-hybridized carbons (Fsp3) is 0.462. The lowest BCUT2D eigenvalue weighted by atomic mass is 10.2. The summed E-state index contributed by atoms with van der Waals surface area (Å²) in [7, 11) is 0. The van der Waals surface area contributed by atoms with Gasteiger partial charge in [-0.3, -0.25) is 9.69 Å². The van der Waals surface area contributed by atoms with Gasteiger partial charge < -0.3 is 10.6 Å². The standard InChI is InChI=1S/C13H17BrClN3O/c14-11-7-10(8-12(15)9-11)13(19)17-3-6-18-4-1-16-2-5-18/h7-9,16H,1-6H2,(H,17,19). The maximum Gasteiger partial charge on any atom is 0.251 e. The second-order valence-corrected chi connectivity index (χ2v) is 5.86. The van der Waals surface area contributed by atoms with Gasteiger partial charge in [0, 0.05) is 54.3 Å². The first kappa shape index (κ1) is 14.8. The van der Waals surface area contributed by atoms with Gasteiger partial charge in [-0.15, -0.1) is 0 Å². The molecule has 1 fully saturated rings. The fourth-order valence-corrected chi connectivity index (χ4v) is 2.91. The topological polar surface area (TPSA) is 44.4 Å². The molecule has 6 heteroatoms. The van der Waals surface area contributed by atoms with Gasteiger partial charge in [-0.2, -0.15) is 0 Å².